The van der Waals surface area contributed by atoms with Crippen LogP contribution in [0.4, 0.5) is 0 Å². The quantitative estimate of drug-likeness (QED) is 0.274. The van der Waals surface area contributed by atoms with Gasteiger partial charge in [0.25, 0.3) is 0 Å². The van der Waals surface area contributed by atoms with Gasteiger partial charge in [-0.2, -0.15) is 0 Å². The van der Waals surface area contributed by atoms with Crippen molar-refractivity contribution in [3.63, 3.8) is 0 Å². The lowest BCUT2D eigenvalue weighted by molar-refractivity contribution is -0.128. The van der Waals surface area contributed by atoms with Crippen LogP contribution >= 0.6 is 0 Å². The molecule has 1 saturated heterocycles. The van der Waals surface area contributed by atoms with Gasteiger partial charge >= 0.3 is 0 Å². The van der Waals surface area contributed by atoms with Crippen LogP contribution in [-0.4, -0.2) is 29.7 Å². The highest BCUT2D eigenvalue weighted by atomic mass is 16.6. The Kier molecular flexibility index (Phi) is 11.3. The molecule has 0 saturated carbocycles. The second-order valence-corrected chi connectivity index (χ2v) is 6.41. The Balaban J connectivity index is 1.79. The predicted molar refractivity (Wildman–Crippen MR) is 91.0 cm³/mol. The lowest BCUT2D eigenvalue weighted by Gasteiger charge is -2.05. The first-order valence-corrected chi connectivity index (χ1v) is 9.23. The fourth-order valence-corrected chi connectivity index (χ4v) is 2.61. The number of ketones is 1. The highest BCUT2D eigenvalue weighted by molar-refractivity contribution is 5.83. The van der Waals surface area contributed by atoms with Crippen molar-refractivity contribution in [3.05, 3.63) is 12.2 Å². The molecule has 3 heteroatoms. The van der Waals surface area contributed by atoms with Gasteiger partial charge in [-0.15, -0.1) is 0 Å². The molecular formula is C19H34O3. The third-order valence-corrected chi connectivity index (χ3v) is 4.23. The van der Waals surface area contributed by atoms with Crippen molar-refractivity contribution < 1.29 is 14.6 Å². The van der Waals surface area contributed by atoms with Crippen molar-refractivity contribution in [1.29, 1.82) is 0 Å². The number of ether oxygens (including phenoxy) is 1. The van der Waals surface area contributed by atoms with E-state index in [1.54, 1.807) is 0 Å². The Bertz CT molecular complexity index is 308. The van der Waals surface area contributed by atoms with Crippen LogP contribution in [0, 0.1) is 0 Å². The maximum absolute atomic E-state index is 11.6. The smallest absolute Gasteiger partial charge is 0.164 e. The minimum absolute atomic E-state index is 0.0477. The number of aliphatic hydroxyl groups excluding tert-OH is 1. The summed E-state index contributed by atoms with van der Waals surface area (Å²) in [6.07, 6.45) is 17.5. The Morgan fingerprint density at radius 1 is 1.05 bits per heavy atom. The van der Waals surface area contributed by atoms with Crippen molar-refractivity contribution >= 4 is 5.78 Å². The zero-order valence-corrected chi connectivity index (χ0v) is 14.3. The number of aliphatic hydroxyl groups is 1. The normalized spacial score (nSPS) is 18.7. The number of hydrogen-bond acceptors (Lipinski definition) is 3. The fraction of sp³-hybridized carbons (Fsp3) is 0.842. The minimum atomic E-state index is -0.873. The van der Waals surface area contributed by atoms with E-state index in [4.69, 9.17) is 4.74 Å². The average molecular weight is 310 g/mol. The van der Waals surface area contributed by atoms with E-state index in [2.05, 4.69) is 19.1 Å². The molecule has 1 rings (SSSR count). The van der Waals surface area contributed by atoms with Gasteiger partial charge in [-0.3, -0.25) is 4.79 Å². The van der Waals surface area contributed by atoms with Gasteiger partial charge in [0.2, 0.25) is 0 Å². The molecule has 1 aliphatic rings. The number of Topliss-reactive ketones (excluding diaryl/α,β-unsaturated/α-hetero) is 1. The van der Waals surface area contributed by atoms with E-state index in [-0.39, 0.29) is 11.9 Å². The second-order valence-electron chi connectivity index (χ2n) is 6.41. The first kappa shape index (κ1) is 19.4. The van der Waals surface area contributed by atoms with Crippen LogP contribution in [0.2, 0.25) is 0 Å². The molecule has 22 heavy (non-hydrogen) atoms. The maximum Gasteiger partial charge on any atom is 0.164 e. The molecule has 1 fully saturated rings. The van der Waals surface area contributed by atoms with Crippen LogP contribution in [0.5, 0.6) is 0 Å². The SMILES string of the molecule is CCCCCC/C=C\CCCCCCCC(=O)C(O)C1CO1. The molecule has 128 valence electrons. The molecule has 1 heterocycles. The third kappa shape index (κ3) is 10.1. The second kappa shape index (κ2) is 12.8. The standard InChI is InChI=1S/C19H34O3/c1-2-3-4-5-6-7-8-9-10-11-12-13-14-15-17(20)19(21)18-16-22-18/h7-8,18-19,21H,2-6,9-16H2,1H3/b8-7-. The molecule has 1 N–H and O–H groups in total. The van der Waals surface area contributed by atoms with Crippen LogP contribution < -0.4 is 0 Å². The predicted octanol–water partition coefficient (Wildman–Crippen LogP) is 4.57. The maximum atomic E-state index is 11.6. The zero-order chi connectivity index (χ0) is 16.0. The average Bonchev–Trinajstić information content (AvgIpc) is 3.35. The molecule has 1 aliphatic heterocycles. The fourth-order valence-electron chi connectivity index (χ4n) is 2.61. The monoisotopic (exact) mass is 310 g/mol. The summed E-state index contributed by atoms with van der Waals surface area (Å²) in [4.78, 5) is 11.6. The molecule has 0 amide bonds. The van der Waals surface area contributed by atoms with Crippen LogP contribution in [-0.2, 0) is 9.53 Å². The van der Waals surface area contributed by atoms with E-state index >= 15 is 0 Å². The van der Waals surface area contributed by atoms with Crippen LogP contribution in [0.15, 0.2) is 12.2 Å². The van der Waals surface area contributed by atoms with Crippen LogP contribution in [0.3, 0.4) is 0 Å². The van der Waals surface area contributed by atoms with Gasteiger partial charge in [0.1, 0.15) is 12.2 Å². The number of unbranched alkanes of at least 4 members (excludes halogenated alkanes) is 9. The number of carbonyl (C=O) groups is 1. The summed E-state index contributed by atoms with van der Waals surface area (Å²) in [6.45, 7) is 2.79. The molecule has 0 spiro atoms. The van der Waals surface area contributed by atoms with E-state index in [9.17, 15) is 9.90 Å². The zero-order valence-electron chi connectivity index (χ0n) is 14.3. The number of allylic oxidation sites excluding steroid dienone is 2. The van der Waals surface area contributed by atoms with Crippen molar-refractivity contribution in [2.75, 3.05) is 6.61 Å². The summed E-state index contributed by atoms with van der Waals surface area (Å²) in [5.74, 6) is -0.0477. The van der Waals surface area contributed by atoms with E-state index in [0.717, 1.165) is 12.8 Å². The Morgan fingerprint density at radius 2 is 1.59 bits per heavy atom. The minimum Gasteiger partial charge on any atom is -0.382 e. The topological polar surface area (TPSA) is 49.8 Å². The van der Waals surface area contributed by atoms with E-state index in [0.29, 0.717) is 13.0 Å². The molecule has 0 aromatic heterocycles. The van der Waals surface area contributed by atoms with Gasteiger partial charge in [0.05, 0.1) is 6.61 Å². The van der Waals surface area contributed by atoms with E-state index in [1.165, 1.54) is 57.8 Å². The van der Waals surface area contributed by atoms with Gasteiger partial charge in [0.15, 0.2) is 5.78 Å². The molecule has 0 radical (unpaired) electrons. The highest BCUT2D eigenvalue weighted by Gasteiger charge is 2.35. The Labute approximate surface area is 136 Å². The first-order chi connectivity index (χ1) is 10.8. The van der Waals surface area contributed by atoms with Crippen molar-refractivity contribution in [3.8, 4) is 0 Å². The van der Waals surface area contributed by atoms with E-state index < -0.39 is 6.10 Å². The Morgan fingerprint density at radius 3 is 2.18 bits per heavy atom. The largest absolute Gasteiger partial charge is 0.382 e. The summed E-state index contributed by atoms with van der Waals surface area (Å²) in [7, 11) is 0. The van der Waals surface area contributed by atoms with Gasteiger partial charge in [-0.05, 0) is 32.1 Å². The number of carbonyl (C=O) groups excluding carboxylic acids is 1. The summed E-state index contributed by atoms with van der Waals surface area (Å²) < 4.78 is 4.93. The summed E-state index contributed by atoms with van der Waals surface area (Å²) in [5.41, 5.74) is 0. The first-order valence-electron chi connectivity index (χ1n) is 9.23. The summed E-state index contributed by atoms with van der Waals surface area (Å²) in [5, 5.41) is 9.57. The molecule has 0 aromatic rings. The van der Waals surface area contributed by atoms with Gasteiger partial charge < -0.3 is 9.84 Å². The number of rotatable bonds is 15. The lowest BCUT2D eigenvalue weighted by Crippen LogP contribution is -2.25. The van der Waals surface area contributed by atoms with Crippen LogP contribution in [0.25, 0.3) is 0 Å². The molecule has 2 unspecified atom stereocenters. The van der Waals surface area contributed by atoms with E-state index in [1.807, 2.05) is 0 Å². The van der Waals surface area contributed by atoms with Gasteiger partial charge in [0, 0.05) is 6.42 Å². The van der Waals surface area contributed by atoms with Gasteiger partial charge in [-0.1, -0.05) is 57.6 Å². The number of epoxide rings is 1. The lowest BCUT2D eigenvalue weighted by atomic mass is 10.0. The molecule has 0 bridgehead atoms. The van der Waals surface area contributed by atoms with Crippen LogP contribution in [0.1, 0.15) is 84.0 Å². The highest BCUT2D eigenvalue weighted by Crippen LogP contribution is 2.17. The molecule has 2 atom stereocenters. The van der Waals surface area contributed by atoms with Crippen molar-refractivity contribution in [1.82, 2.24) is 0 Å². The van der Waals surface area contributed by atoms with Crippen molar-refractivity contribution in [2.24, 2.45) is 0 Å². The van der Waals surface area contributed by atoms with Crippen molar-refractivity contribution in [2.45, 2.75) is 96.2 Å². The summed E-state index contributed by atoms with van der Waals surface area (Å²) in [6, 6.07) is 0. The molecule has 0 aromatic carbocycles. The molecule has 3 nitrogen and oxygen atoms in total. The molecule has 0 aliphatic carbocycles. The molecular weight excluding hydrogens is 276 g/mol. The third-order valence-electron chi connectivity index (χ3n) is 4.23. The van der Waals surface area contributed by atoms with Gasteiger partial charge in [-0.25, -0.2) is 0 Å². The Hall–Kier alpha value is -0.670. The summed E-state index contributed by atoms with van der Waals surface area (Å²) >= 11 is 0. The number of hydrogen-bond donors (Lipinski definition) is 1.